The van der Waals surface area contributed by atoms with Crippen molar-refractivity contribution in [2.24, 2.45) is 0 Å². The van der Waals surface area contributed by atoms with Crippen molar-refractivity contribution >= 4 is 28.2 Å². The Morgan fingerprint density at radius 1 is 1.13 bits per heavy atom. The van der Waals surface area contributed by atoms with E-state index in [4.69, 9.17) is 5.73 Å². The summed E-state index contributed by atoms with van der Waals surface area (Å²) in [6, 6.07) is 7.24. The highest BCUT2D eigenvalue weighted by molar-refractivity contribution is 6.01. The number of likely N-dealkylation sites (N-methyl/N-ethyl adjacent to an activating group) is 1. The smallest absolute Gasteiger partial charge is 0.240 e. The zero-order valence-electron chi connectivity index (χ0n) is 16.6. The van der Waals surface area contributed by atoms with Crippen LogP contribution in [0.3, 0.4) is 0 Å². The highest BCUT2D eigenvalue weighted by Gasteiger charge is 2.17. The van der Waals surface area contributed by atoms with Crippen molar-refractivity contribution in [1.29, 1.82) is 0 Å². The van der Waals surface area contributed by atoms with Gasteiger partial charge < -0.3 is 26.2 Å². The summed E-state index contributed by atoms with van der Waals surface area (Å²) in [5.74, 6) is -0.330. The highest BCUT2D eigenvalue weighted by Crippen LogP contribution is 2.30. The molecule has 0 fully saturated rings. The van der Waals surface area contributed by atoms with Gasteiger partial charge in [0.1, 0.15) is 11.6 Å². The van der Waals surface area contributed by atoms with E-state index in [9.17, 15) is 14.6 Å². The Hall–Kier alpha value is -3.66. The monoisotopic (exact) mass is 411 g/mol. The second-order valence-corrected chi connectivity index (χ2v) is 7.31. The fourth-order valence-corrected chi connectivity index (χ4v) is 3.30. The van der Waals surface area contributed by atoms with Gasteiger partial charge in [0.05, 0.1) is 16.6 Å². The van der Waals surface area contributed by atoms with Crippen LogP contribution in [-0.2, 0) is 6.42 Å². The number of aromatic nitrogens is 4. The van der Waals surface area contributed by atoms with E-state index in [-0.39, 0.29) is 23.9 Å². The Balaban J connectivity index is 1.85. The van der Waals surface area contributed by atoms with E-state index in [2.05, 4.69) is 20.4 Å². The number of nitrogens with one attached hydrogen (secondary N) is 1. The minimum Gasteiger partial charge on any atom is -0.504 e. The first-order valence-corrected chi connectivity index (χ1v) is 9.35. The fraction of sp³-hybridized carbons (Fsp3) is 0.250. The molecule has 0 aliphatic rings. The Morgan fingerprint density at radius 2 is 1.93 bits per heavy atom. The lowest BCUT2D eigenvalue weighted by molar-refractivity contribution is 0.403. The molecule has 0 unspecified atom stereocenters. The summed E-state index contributed by atoms with van der Waals surface area (Å²) >= 11 is 0. The van der Waals surface area contributed by atoms with Crippen molar-refractivity contribution in [2.75, 3.05) is 38.2 Å². The van der Waals surface area contributed by atoms with E-state index in [0.29, 0.717) is 40.2 Å². The van der Waals surface area contributed by atoms with Crippen molar-refractivity contribution in [3.05, 3.63) is 47.5 Å². The van der Waals surface area contributed by atoms with Gasteiger partial charge in [0.2, 0.25) is 5.95 Å². The van der Waals surface area contributed by atoms with Crippen LogP contribution in [0.15, 0.2) is 30.3 Å². The van der Waals surface area contributed by atoms with Gasteiger partial charge in [0, 0.05) is 25.6 Å². The largest absolute Gasteiger partial charge is 0.504 e. The average Bonchev–Trinajstić information content (AvgIpc) is 3.05. The van der Waals surface area contributed by atoms with Crippen LogP contribution in [0.1, 0.15) is 11.4 Å². The molecule has 0 aliphatic heterocycles. The van der Waals surface area contributed by atoms with Gasteiger partial charge in [-0.3, -0.25) is 0 Å². The van der Waals surface area contributed by atoms with Crippen LogP contribution in [-0.4, -0.2) is 61.9 Å². The van der Waals surface area contributed by atoms with Gasteiger partial charge in [-0.15, -0.1) is 5.10 Å². The number of phenolic OH excluding ortho intramolecular Hbond substituents is 2. The number of benzene rings is 2. The molecule has 0 aliphatic carbocycles. The molecule has 0 atom stereocenters. The molecule has 0 radical (unpaired) electrons. The van der Waals surface area contributed by atoms with Crippen molar-refractivity contribution in [3.8, 4) is 11.5 Å². The van der Waals surface area contributed by atoms with Crippen LogP contribution in [0.5, 0.6) is 11.5 Å². The highest BCUT2D eigenvalue weighted by atomic mass is 19.1. The molecule has 9 nitrogen and oxygen atoms in total. The fourth-order valence-electron chi connectivity index (χ4n) is 3.30. The molecule has 0 bridgehead atoms. The van der Waals surface area contributed by atoms with E-state index in [1.165, 1.54) is 28.8 Å². The quantitative estimate of drug-likeness (QED) is 0.355. The molecular formula is C20H22FN7O2. The van der Waals surface area contributed by atoms with E-state index < -0.39 is 5.82 Å². The van der Waals surface area contributed by atoms with Gasteiger partial charge in [0.25, 0.3) is 0 Å². The summed E-state index contributed by atoms with van der Waals surface area (Å²) in [6.45, 7) is 1.37. The topological polar surface area (TPSA) is 125 Å². The molecule has 10 heteroatoms. The minimum atomic E-state index is -0.424. The van der Waals surface area contributed by atoms with Crippen LogP contribution in [0.2, 0.25) is 0 Å². The van der Waals surface area contributed by atoms with Gasteiger partial charge >= 0.3 is 0 Å². The average molecular weight is 411 g/mol. The third-order valence-corrected chi connectivity index (χ3v) is 4.70. The molecule has 156 valence electrons. The number of hydrogen-bond donors (Lipinski definition) is 4. The lowest BCUT2D eigenvalue weighted by atomic mass is 10.1. The molecule has 30 heavy (non-hydrogen) atoms. The maximum absolute atomic E-state index is 14.3. The zero-order valence-corrected chi connectivity index (χ0v) is 16.6. The SMILES string of the molecule is CN(C)CCNc1cc(F)cc2nc(Cc3ccc(O)c(O)c3)n3nc(N)nc3c12. The van der Waals surface area contributed by atoms with Crippen molar-refractivity contribution < 1.29 is 14.6 Å². The first kappa shape index (κ1) is 19.6. The third kappa shape index (κ3) is 3.77. The molecule has 4 aromatic rings. The Morgan fingerprint density at radius 3 is 2.67 bits per heavy atom. The van der Waals surface area contributed by atoms with Crippen LogP contribution >= 0.6 is 0 Å². The summed E-state index contributed by atoms with van der Waals surface area (Å²) in [5.41, 5.74) is 7.99. The Labute approximate surface area is 171 Å². The first-order chi connectivity index (χ1) is 14.3. The van der Waals surface area contributed by atoms with Crippen LogP contribution in [0, 0.1) is 5.82 Å². The van der Waals surface area contributed by atoms with Gasteiger partial charge in [-0.2, -0.15) is 9.50 Å². The maximum atomic E-state index is 14.3. The lowest BCUT2D eigenvalue weighted by Crippen LogP contribution is -2.21. The van der Waals surface area contributed by atoms with E-state index in [0.717, 1.165) is 6.54 Å². The molecule has 5 N–H and O–H groups in total. The summed E-state index contributed by atoms with van der Waals surface area (Å²) in [7, 11) is 3.91. The van der Waals surface area contributed by atoms with Gasteiger partial charge in [-0.05, 0) is 37.9 Å². The molecule has 0 saturated heterocycles. The Kier molecular flexibility index (Phi) is 5.00. The van der Waals surface area contributed by atoms with Gasteiger partial charge in [0.15, 0.2) is 17.1 Å². The number of nitrogens with two attached hydrogens (primary N) is 1. The van der Waals surface area contributed by atoms with Crippen molar-refractivity contribution in [3.63, 3.8) is 0 Å². The number of nitrogen functional groups attached to an aromatic ring is 1. The summed E-state index contributed by atoms with van der Waals surface area (Å²) in [4.78, 5) is 11.0. The first-order valence-electron chi connectivity index (χ1n) is 9.35. The molecular weight excluding hydrogens is 389 g/mol. The molecule has 0 spiro atoms. The maximum Gasteiger partial charge on any atom is 0.240 e. The van der Waals surface area contributed by atoms with E-state index >= 15 is 0 Å². The van der Waals surface area contributed by atoms with E-state index in [1.54, 1.807) is 6.07 Å². The van der Waals surface area contributed by atoms with Gasteiger partial charge in [-0.25, -0.2) is 9.37 Å². The Bertz CT molecular complexity index is 1240. The van der Waals surface area contributed by atoms with Crippen LogP contribution in [0.4, 0.5) is 16.0 Å². The second kappa shape index (κ2) is 7.64. The standard InChI is InChI=1S/C20H22FN7O2/c1-27(2)6-5-23-13-9-12(21)10-14-18(13)19-25-20(22)26-28(19)17(24-14)8-11-3-4-15(29)16(30)7-11/h3-4,7,9-10,23,29-30H,5-6,8H2,1-2H3,(H2,22,26). The third-order valence-electron chi connectivity index (χ3n) is 4.70. The number of rotatable bonds is 6. The number of phenols is 2. The number of halogens is 1. The molecule has 4 rings (SSSR count). The lowest BCUT2D eigenvalue weighted by Gasteiger charge is -2.14. The van der Waals surface area contributed by atoms with Crippen molar-refractivity contribution in [2.45, 2.75) is 6.42 Å². The van der Waals surface area contributed by atoms with Crippen molar-refractivity contribution in [1.82, 2.24) is 24.5 Å². The summed E-state index contributed by atoms with van der Waals surface area (Å²) in [5, 5.41) is 27.4. The number of hydrogen-bond acceptors (Lipinski definition) is 8. The molecule has 2 heterocycles. The molecule has 0 saturated carbocycles. The zero-order chi connectivity index (χ0) is 21.4. The minimum absolute atomic E-state index is 0.0719. The normalized spacial score (nSPS) is 11.6. The molecule has 2 aromatic carbocycles. The number of anilines is 2. The van der Waals surface area contributed by atoms with Gasteiger partial charge in [-0.1, -0.05) is 6.07 Å². The predicted octanol–water partition coefficient (Wildman–Crippen LogP) is 1.97. The van der Waals surface area contributed by atoms with E-state index in [1.807, 2.05) is 19.0 Å². The molecule has 0 amide bonds. The molecule has 2 aromatic heterocycles. The number of aromatic hydroxyl groups is 2. The van der Waals surface area contributed by atoms with Crippen LogP contribution < -0.4 is 11.1 Å². The summed E-state index contributed by atoms with van der Waals surface area (Å²) in [6.07, 6.45) is 0.267. The van der Waals surface area contributed by atoms with Crippen LogP contribution in [0.25, 0.3) is 16.6 Å². The second-order valence-electron chi connectivity index (χ2n) is 7.31. The summed E-state index contributed by atoms with van der Waals surface area (Å²) < 4.78 is 15.8. The number of nitrogens with zero attached hydrogens (tertiary/aromatic N) is 5. The predicted molar refractivity (Wildman–Crippen MR) is 112 cm³/mol. The number of fused-ring (bicyclic) bond motifs is 3.